The molecule has 19 heavy (non-hydrogen) atoms. The van der Waals surface area contributed by atoms with Crippen LogP contribution < -0.4 is 5.32 Å². The van der Waals surface area contributed by atoms with Crippen molar-refractivity contribution in [3.8, 4) is 0 Å². The summed E-state index contributed by atoms with van der Waals surface area (Å²) in [5, 5.41) is 3.11. The van der Waals surface area contributed by atoms with E-state index >= 15 is 0 Å². The molecule has 1 heterocycles. The maximum atomic E-state index is 13.9. The van der Waals surface area contributed by atoms with Crippen molar-refractivity contribution in [1.29, 1.82) is 0 Å². The van der Waals surface area contributed by atoms with Crippen LogP contribution in [0.1, 0.15) is 25.0 Å². The van der Waals surface area contributed by atoms with Crippen molar-refractivity contribution in [2.45, 2.75) is 31.7 Å². The molecule has 0 saturated carbocycles. The van der Waals surface area contributed by atoms with Crippen LogP contribution in [-0.2, 0) is 13.1 Å². The zero-order valence-corrected chi connectivity index (χ0v) is 12.8. The fourth-order valence-corrected chi connectivity index (χ4v) is 3.73. The minimum absolute atomic E-state index is 0.0871. The second-order valence-corrected chi connectivity index (χ2v) is 7.58. The van der Waals surface area contributed by atoms with E-state index in [1.807, 2.05) is 30.9 Å². The van der Waals surface area contributed by atoms with Gasteiger partial charge in [0.05, 0.1) is 0 Å². The Morgan fingerprint density at radius 2 is 2.21 bits per heavy atom. The molecule has 2 nitrogen and oxygen atoms in total. The Labute approximate surface area is 119 Å². The molecular formula is C15H23FN2S. The molecule has 1 aliphatic heterocycles. The van der Waals surface area contributed by atoms with E-state index in [2.05, 4.69) is 24.1 Å². The molecule has 0 radical (unpaired) electrons. The van der Waals surface area contributed by atoms with Crippen LogP contribution in [0.3, 0.4) is 0 Å². The average Bonchev–Trinajstić information content (AvgIpc) is 2.32. The van der Waals surface area contributed by atoms with Gasteiger partial charge in [0.15, 0.2) is 0 Å². The third kappa shape index (κ3) is 4.20. The number of nitrogens with one attached hydrogen (secondary N) is 1. The van der Waals surface area contributed by atoms with Crippen LogP contribution in [0, 0.1) is 5.82 Å². The minimum atomic E-state index is -0.0871. The summed E-state index contributed by atoms with van der Waals surface area (Å²) in [7, 11) is 1.91. The van der Waals surface area contributed by atoms with Gasteiger partial charge in [-0.1, -0.05) is 12.1 Å². The van der Waals surface area contributed by atoms with E-state index < -0.39 is 0 Å². The van der Waals surface area contributed by atoms with Crippen LogP contribution in [-0.4, -0.2) is 35.5 Å². The predicted octanol–water partition coefficient (Wildman–Crippen LogP) is 2.87. The minimum Gasteiger partial charge on any atom is -0.316 e. The normalized spacial score (nSPS) is 19.6. The van der Waals surface area contributed by atoms with Gasteiger partial charge in [-0.05, 0) is 32.5 Å². The molecule has 1 aliphatic rings. The molecule has 1 aromatic rings. The summed E-state index contributed by atoms with van der Waals surface area (Å²) < 4.78 is 14.2. The predicted molar refractivity (Wildman–Crippen MR) is 81.0 cm³/mol. The SMILES string of the molecule is CNCc1ccc(F)c(CN2CCSC(C)(C)C2)c1. The van der Waals surface area contributed by atoms with Crippen molar-refractivity contribution < 1.29 is 4.39 Å². The van der Waals surface area contributed by atoms with Gasteiger partial charge < -0.3 is 5.32 Å². The highest BCUT2D eigenvalue weighted by atomic mass is 32.2. The van der Waals surface area contributed by atoms with Gasteiger partial charge in [-0.3, -0.25) is 4.90 Å². The summed E-state index contributed by atoms with van der Waals surface area (Å²) in [4.78, 5) is 2.36. The smallest absolute Gasteiger partial charge is 0.127 e. The number of nitrogens with zero attached hydrogens (tertiary/aromatic N) is 1. The Balaban J connectivity index is 2.07. The molecule has 106 valence electrons. The van der Waals surface area contributed by atoms with E-state index in [1.165, 1.54) is 0 Å². The van der Waals surface area contributed by atoms with E-state index in [0.29, 0.717) is 6.54 Å². The molecule has 1 fully saturated rings. The van der Waals surface area contributed by atoms with E-state index in [9.17, 15) is 4.39 Å². The van der Waals surface area contributed by atoms with Gasteiger partial charge in [-0.2, -0.15) is 11.8 Å². The number of benzene rings is 1. The highest BCUT2D eigenvalue weighted by Crippen LogP contribution is 2.30. The second-order valence-electron chi connectivity index (χ2n) is 5.77. The van der Waals surface area contributed by atoms with Crippen LogP contribution in [0.4, 0.5) is 4.39 Å². The molecule has 1 N–H and O–H groups in total. The highest BCUT2D eigenvalue weighted by molar-refractivity contribution is 8.00. The second kappa shape index (κ2) is 6.25. The van der Waals surface area contributed by atoms with Crippen LogP contribution in [0.15, 0.2) is 18.2 Å². The molecule has 0 amide bonds. The quantitative estimate of drug-likeness (QED) is 0.914. The number of halogens is 1. The van der Waals surface area contributed by atoms with E-state index in [0.717, 1.165) is 36.5 Å². The average molecular weight is 282 g/mol. The molecule has 0 spiro atoms. The molecule has 4 heteroatoms. The summed E-state index contributed by atoms with van der Waals surface area (Å²) in [5.41, 5.74) is 1.96. The number of hydrogen-bond acceptors (Lipinski definition) is 3. The summed E-state index contributed by atoms with van der Waals surface area (Å²) in [6.45, 7) is 8.09. The van der Waals surface area contributed by atoms with Gasteiger partial charge >= 0.3 is 0 Å². The molecule has 0 unspecified atom stereocenters. The summed E-state index contributed by atoms with van der Waals surface area (Å²) in [6.07, 6.45) is 0. The zero-order valence-electron chi connectivity index (χ0n) is 12.0. The lowest BCUT2D eigenvalue weighted by molar-refractivity contribution is 0.249. The van der Waals surface area contributed by atoms with Crippen LogP contribution in [0.2, 0.25) is 0 Å². The fourth-order valence-electron chi connectivity index (χ4n) is 2.55. The summed E-state index contributed by atoms with van der Waals surface area (Å²) >= 11 is 2.00. The van der Waals surface area contributed by atoms with E-state index in [-0.39, 0.29) is 10.6 Å². The molecule has 0 aliphatic carbocycles. The Morgan fingerprint density at radius 3 is 2.89 bits per heavy atom. The number of thioether (sulfide) groups is 1. The summed E-state index contributed by atoms with van der Waals surface area (Å²) in [6, 6.07) is 5.43. The van der Waals surface area contributed by atoms with Crippen molar-refractivity contribution in [3.05, 3.63) is 35.1 Å². The van der Waals surface area contributed by atoms with Gasteiger partial charge in [0, 0.05) is 42.2 Å². The first-order chi connectivity index (χ1) is 9.00. The number of rotatable bonds is 4. The lowest BCUT2D eigenvalue weighted by Gasteiger charge is -2.37. The Bertz CT molecular complexity index is 434. The third-order valence-corrected chi connectivity index (χ3v) is 4.69. The first kappa shape index (κ1) is 14.8. The first-order valence-corrected chi connectivity index (χ1v) is 7.77. The van der Waals surface area contributed by atoms with E-state index in [1.54, 1.807) is 6.07 Å². The van der Waals surface area contributed by atoms with Crippen molar-refractivity contribution in [1.82, 2.24) is 10.2 Å². The van der Waals surface area contributed by atoms with Gasteiger partial charge in [-0.15, -0.1) is 0 Å². The zero-order chi connectivity index (χ0) is 13.9. The highest BCUT2D eigenvalue weighted by Gasteiger charge is 2.27. The molecule has 0 atom stereocenters. The van der Waals surface area contributed by atoms with E-state index in [4.69, 9.17) is 0 Å². The lowest BCUT2D eigenvalue weighted by atomic mass is 10.1. The van der Waals surface area contributed by atoms with Crippen molar-refractivity contribution in [2.75, 3.05) is 25.9 Å². The monoisotopic (exact) mass is 282 g/mol. The van der Waals surface area contributed by atoms with Crippen LogP contribution >= 0.6 is 11.8 Å². The molecule has 1 saturated heterocycles. The Kier molecular flexibility index (Phi) is 4.87. The molecule has 1 aromatic carbocycles. The number of hydrogen-bond donors (Lipinski definition) is 1. The van der Waals surface area contributed by atoms with Crippen molar-refractivity contribution in [3.63, 3.8) is 0 Å². The van der Waals surface area contributed by atoms with Crippen molar-refractivity contribution >= 4 is 11.8 Å². The molecular weight excluding hydrogens is 259 g/mol. The van der Waals surface area contributed by atoms with Crippen molar-refractivity contribution in [2.24, 2.45) is 0 Å². The topological polar surface area (TPSA) is 15.3 Å². The van der Waals surface area contributed by atoms with Gasteiger partial charge in [-0.25, -0.2) is 4.39 Å². The van der Waals surface area contributed by atoms with Crippen LogP contribution in [0.25, 0.3) is 0 Å². The molecule has 0 bridgehead atoms. The maximum absolute atomic E-state index is 13.9. The van der Waals surface area contributed by atoms with Gasteiger partial charge in [0.2, 0.25) is 0 Å². The van der Waals surface area contributed by atoms with Gasteiger partial charge in [0.25, 0.3) is 0 Å². The standard InChI is InChI=1S/C15H23FN2S/c1-15(2)11-18(6-7-19-15)10-13-8-12(9-17-3)4-5-14(13)16/h4-5,8,17H,6-7,9-11H2,1-3H3. The van der Waals surface area contributed by atoms with Gasteiger partial charge in [0.1, 0.15) is 5.82 Å². The maximum Gasteiger partial charge on any atom is 0.127 e. The largest absolute Gasteiger partial charge is 0.316 e. The third-order valence-electron chi connectivity index (χ3n) is 3.39. The Morgan fingerprint density at radius 1 is 1.42 bits per heavy atom. The molecule has 2 rings (SSSR count). The molecule has 0 aromatic heterocycles. The lowest BCUT2D eigenvalue weighted by Crippen LogP contribution is -2.42. The first-order valence-electron chi connectivity index (χ1n) is 6.78. The Hall–Kier alpha value is -0.580. The fraction of sp³-hybridized carbons (Fsp3) is 0.600. The van der Waals surface area contributed by atoms with Crippen LogP contribution in [0.5, 0.6) is 0 Å². The summed E-state index contributed by atoms with van der Waals surface area (Å²) in [5.74, 6) is 1.04.